The van der Waals surface area contributed by atoms with Crippen molar-refractivity contribution in [3.63, 3.8) is 0 Å². The monoisotopic (exact) mass is 388 g/mol. The average Bonchev–Trinajstić information content (AvgIpc) is 3.14. The summed E-state index contributed by atoms with van der Waals surface area (Å²) in [6, 6.07) is 14.1. The molecule has 146 valence electrons. The number of piperazine rings is 1. The Hall–Kier alpha value is -3.70. The Kier molecular flexibility index (Phi) is 4.97. The van der Waals surface area contributed by atoms with Crippen molar-refractivity contribution in [2.24, 2.45) is 0 Å². The van der Waals surface area contributed by atoms with Gasteiger partial charge in [-0.2, -0.15) is 5.26 Å². The molecule has 0 unspecified atom stereocenters. The van der Waals surface area contributed by atoms with Gasteiger partial charge in [-0.25, -0.2) is 4.98 Å². The number of hydrogen-bond donors (Lipinski definition) is 1. The number of aromatic nitrogens is 2. The van der Waals surface area contributed by atoms with Crippen LogP contribution >= 0.6 is 0 Å². The molecule has 0 atom stereocenters. The normalized spacial score (nSPS) is 14.6. The van der Waals surface area contributed by atoms with Crippen LogP contribution in [0.5, 0.6) is 0 Å². The van der Waals surface area contributed by atoms with Crippen LogP contribution in [0.1, 0.15) is 26.7 Å². The van der Waals surface area contributed by atoms with Gasteiger partial charge in [0.15, 0.2) is 5.69 Å². The van der Waals surface area contributed by atoms with Gasteiger partial charge < -0.3 is 15.1 Å². The molecular weight excluding hydrogens is 368 g/mol. The molecule has 2 aromatic heterocycles. The van der Waals surface area contributed by atoms with E-state index in [1.807, 2.05) is 7.05 Å². The standard InChI is InChI=1S/C21H20N6O2/c1-25-10-12-26(13-11-25)21(29)19-24-18(17-8-4-5-9-27(17)19)20(28)23-16-7-3-2-6-15(16)14-22/h2-9H,10-13H2,1H3,(H,23,28). The number of nitriles is 1. The maximum absolute atomic E-state index is 13.1. The van der Waals surface area contributed by atoms with Gasteiger partial charge in [-0.15, -0.1) is 0 Å². The zero-order chi connectivity index (χ0) is 20.4. The summed E-state index contributed by atoms with van der Waals surface area (Å²) in [5.41, 5.74) is 1.45. The van der Waals surface area contributed by atoms with Crippen molar-refractivity contribution < 1.29 is 9.59 Å². The van der Waals surface area contributed by atoms with Gasteiger partial charge in [-0.1, -0.05) is 18.2 Å². The molecule has 2 amide bonds. The van der Waals surface area contributed by atoms with Gasteiger partial charge in [0.2, 0.25) is 5.82 Å². The molecule has 1 saturated heterocycles. The molecule has 0 radical (unpaired) electrons. The average molecular weight is 388 g/mol. The van der Waals surface area contributed by atoms with Crippen LogP contribution in [-0.4, -0.2) is 64.2 Å². The number of anilines is 1. The number of nitrogens with zero attached hydrogens (tertiary/aromatic N) is 5. The zero-order valence-electron chi connectivity index (χ0n) is 16.0. The summed E-state index contributed by atoms with van der Waals surface area (Å²) in [7, 11) is 2.02. The molecule has 1 aromatic carbocycles. The van der Waals surface area contributed by atoms with Crippen molar-refractivity contribution in [2.45, 2.75) is 0 Å². The smallest absolute Gasteiger partial charge is 0.290 e. The number of nitrogens with one attached hydrogen (secondary N) is 1. The molecule has 0 aliphatic carbocycles. The van der Waals surface area contributed by atoms with E-state index in [1.54, 1.807) is 58.0 Å². The Labute approximate surface area is 168 Å². The lowest BCUT2D eigenvalue weighted by Gasteiger charge is -2.31. The minimum atomic E-state index is -0.464. The highest BCUT2D eigenvalue weighted by Crippen LogP contribution is 2.19. The number of fused-ring (bicyclic) bond motifs is 1. The highest BCUT2D eigenvalue weighted by Gasteiger charge is 2.27. The Bertz CT molecular complexity index is 1120. The molecule has 4 rings (SSSR count). The van der Waals surface area contributed by atoms with E-state index in [4.69, 9.17) is 0 Å². The maximum atomic E-state index is 13.1. The maximum Gasteiger partial charge on any atom is 0.290 e. The third-order valence-electron chi connectivity index (χ3n) is 5.04. The SMILES string of the molecule is CN1CCN(C(=O)c2nc(C(=O)Nc3ccccc3C#N)c3ccccn23)CC1. The van der Waals surface area contributed by atoms with Gasteiger partial charge in [-0.05, 0) is 31.3 Å². The summed E-state index contributed by atoms with van der Waals surface area (Å²) in [6.07, 6.45) is 1.73. The number of rotatable bonds is 3. The van der Waals surface area contributed by atoms with E-state index in [0.29, 0.717) is 29.9 Å². The van der Waals surface area contributed by atoms with Crippen molar-refractivity contribution in [3.05, 3.63) is 65.7 Å². The van der Waals surface area contributed by atoms with E-state index in [1.165, 1.54) is 0 Å². The van der Waals surface area contributed by atoms with Crippen molar-refractivity contribution in [3.8, 4) is 6.07 Å². The fourth-order valence-corrected chi connectivity index (χ4v) is 3.38. The van der Waals surface area contributed by atoms with Gasteiger partial charge in [0.1, 0.15) is 6.07 Å². The lowest BCUT2D eigenvalue weighted by Crippen LogP contribution is -2.47. The first-order valence-electron chi connectivity index (χ1n) is 9.34. The third-order valence-corrected chi connectivity index (χ3v) is 5.04. The molecule has 29 heavy (non-hydrogen) atoms. The van der Waals surface area contributed by atoms with E-state index in [0.717, 1.165) is 13.1 Å². The summed E-state index contributed by atoms with van der Waals surface area (Å²) in [6.45, 7) is 2.84. The number of benzene rings is 1. The molecule has 0 bridgehead atoms. The second-order valence-corrected chi connectivity index (χ2v) is 6.95. The Morgan fingerprint density at radius 2 is 1.79 bits per heavy atom. The van der Waals surface area contributed by atoms with E-state index in [9.17, 15) is 14.9 Å². The molecule has 1 aliphatic rings. The first-order chi connectivity index (χ1) is 14.1. The summed E-state index contributed by atoms with van der Waals surface area (Å²) in [5, 5.41) is 12.0. The van der Waals surface area contributed by atoms with Crippen LogP contribution in [0, 0.1) is 11.3 Å². The number of hydrogen-bond acceptors (Lipinski definition) is 5. The van der Waals surface area contributed by atoms with Crippen molar-refractivity contribution in [1.29, 1.82) is 5.26 Å². The largest absolute Gasteiger partial charge is 0.333 e. The molecule has 8 nitrogen and oxygen atoms in total. The van der Waals surface area contributed by atoms with Crippen molar-refractivity contribution in [1.82, 2.24) is 19.2 Å². The fourth-order valence-electron chi connectivity index (χ4n) is 3.38. The summed E-state index contributed by atoms with van der Waals surface area (Å²) in [4.78, 5) is 34.3. The van der Waals surface area contributed by atoms with E-state index in [-0.39, 0.29) is 17.4 Å². The number of carbonyl (C=O) groups excluding carboxylic acids is 2. The quantitative estimate of drug-likeness (QED) is 0.739. The third kappa shape index (κ3) is 3.56. The zero-order valence-corrected chi connectivity index (χ0v) is 16.0. The topological polar surface area (TPSA) is 93.7 Å². The summed E-state index contributed by atoms with van der Waals surface area (Å²) >= 11 is 0. The number of carbonyl (C=O) groups is 2. The molecule has 0 spiro atoms. The molecule has 1 aliphatic heterocycles. The summed E-state index contributed by atoms with van der Waals surface area (Å²) in [5.74, 6) is -0.450. The van der Waals surface area contributed by atoms with Gasteiger partial charge in [0.05, 0.1) is 16.8 Å². The Morgan fingerprint density at radius 3 is 2.55 bits per heavy atom. The molecule has 3 heterocycles. The minimum absolute atomic E-state index is 0.149. The molecule has 0 saturated carbocycles. The Balaban J connectivity index is 1.68. The van der Waals surface area contributed by atoms with Gasteiger partial charge in [0, 0.05) is 32.4 Å². The fraction of sp³-hybridized carbons (Fsp3) is 0.238. The predicted molar refractivity (Wildman–Crippen MR) is 108 cm³/mol. The van der Waals surface area contributed by atoms with Gasteiger partial charge >= 0.3 is 0 Å². The van der Waals surface area contributed by atoms with Gasteiger partial charge in [-0.3, -0.25) is 14.0 Å². The minimum Gasteiger partial charge on any atom is -0.333 e. The van der Waals surface area contributed by atoms with Crippen molar-refractivity contribution >= 4 is 23.0 Å². The number of pyridine rings is 1. The second-order valence-electron chi connectivity index (χ2n) is 6.95. The Morgan fingerprint density at radius 1 is 1.07 bits per heavy atom. The van der Waals surface area contributed by atoms with Crippen LogP contribution in [-0.2, 0) is 0 Å². The molecular formula is C21H20N6O2. The molecule has 8 heteroatoms. The lowest BCUT2D eigenvalue weighted by atomic mass is 10.2. The van der Waals surface area contributed by atoms with Crippen LogP contribution in [0.3, 0.4) is 0 Å². The molecule has 1 fully saturated rings. The van der Waals surface area contributed by atoms with Crippen LogP contribution in [0.15, 0.2) is 48.7 Å². The van der Waals surface area contributed by atoms with E-state index in [2.05, 4.69) is 21.3 Å². The summed E-state index contributed by atoms with van der Waals surface area (Å²) < 4.78 is 1.64. The van der Waals surface area contributed by atoms with Crippen LogP contribution < -0.4 is 5.32 Å². The first kappa shape index (κ1) is 18.7. The van der Waals surface area contributed by atoms with E-state index >= 15 is 0 Å². The highest BCUT2D eigenvalue weighted by atomic mass is 16.2. The number of likely N-dealkylation sites (N-methyl/N-ethyl adjacent to an activating group) is 1. The van der Waals surface area contributed by atoms with Crippen LogP contribution in [0.25, 0.3) is 5.52 Å². The number of para-hydroxylation sites is 1. The number of imidazole rings is 1. The second kappa shape index (κ2) is 7.73. The molecule has 3 aromatic rings. The van der Waals surface area contributed by atoms with Crippen LogP contribution in [0.2, 0.25) is 0 Å². The van der Waals surface area contributed by atoms with Gasteiger partial charge in [0.25, 0.3) is 11.8 Å². The highest BCUT2D eigenvalue weighted by molar-refractivity contribution is 6.09. The predicted octanol–water partition coefficient (Wildman–Crippen LogP) is 1.85. The van der Waals surface area contributed by atoms with E-state index < -0.39 is 5.91 Å². The first-order valence-corrected chi connectivity index (χ1v) is 9.34. The lowest BCUT2D eigenvalue weighted by molar-refractivity contribution is 0.0651. The molecule has 1 N–H and O–H groups in total. The van der Waals surface area contributed by atoms with Crippen molar-refractivity contribution in [2.75, 3.05) is 38.5 Å². The van der Waals surface area contributed by atoms with Crippen LogP contribution in [0.4, 0.5) is 5.69 Å². The number of amides is 2.